The standard InChI is InChI=1S/C20H21N5O2/c1-26-18-9-15(10-21)4-5-17(18)27-14-16-3-2-7-24(13-16)20-12-22-11-19-23-6-8-25(19)20/h4-6,8-9,11-12,16H,2-3,7,13-14H2,1H3. The van der Waals surface area contributed by atoms with Crippen molar-refractivity contribution in [3.05, 3.63) is 48.5 Å². The van der Waals surface area contributed by atoms with Gasteiger partial charge in [0.25, 0.3) is 0 Å². The number of nitriles is 1. The summed E-state index contributed by atoms with van der Waals surface area (Å²) in [5.41, 5.74) is 1.41. The van der Waals surface area contributed by atoms with Crippen molar-refractivity contribution in [2.75, 3.05) is 31.7 Å². The van der Waals surface area contributed by atoms with Crippen molar-refractivity contribution in [2.24, 2.45) is 5.92 Å². The third-order valence-corrected chi connectivity index (χ3v) is 4.91. The van der Waals surface area contributed by atoms with Crippen LogP contribution in [0.2, 0.25) is 0 Å². The highest BCUT2D eigenvalue weighted by atomic mass is 16.5. The molecule has 1 saturated heterocycles. The first-order chi connectivity index (χ1) is 13.3. The lowest BCUT2D eigenvalue weighted by molar-refractivity contribution is 0.220. The second kappa shape index (κ2) is 7.54. The summed E-state index contributed by atoms with van der Waals surface area (Å²) in [5.74, 6) is 2.73. The van der Waals surface area contributed by atoms with Crippen molar-refractivity contribution in [1.29, 1.82) is 5.26 Å². The molecule has 1 fully saturated rings. The van der Waals surface area contributed by atoms with Crippen molar-refractivity contribution in [2.45, 2.75) is 12.8 Å². The molecule has 0 radical (unpaired) electrons. The van der Waals surface area contributed by atoms with Gasteiger partial charge in [0.2, 0.25) is 0 Å². The Morgan fingerprint density at radius 1 is 1.30 bits per heavy atom. The minimum Gasteiger partial charge on any atom is -0.493 e. The summed E-state index contributed by atoms with van der Waals surface area (Å²) in [7, 11) is 1.59. The topological polar surface area (TPSA) is 75.7 Å². The zero-order chi connectivity index (χ0) is 18.6. The number of anilines is 1. The largest absolute Gasteiger partial charge is 0.493 e. The summed E-state index contributed by atoms with van der Waals surface area (Å²) < 4.78 is 13.4. The van der Waals surface area contributed by atoms with E-state index in [4.69, 9.17) is 14.7 Å². The summed E-state index contributed by atoms with van der Waals surface area (Å²) in [6, 6.07) is 7.36. The van der Waals surface area contributed by atoms with Crippen LogP contribution in [-0.2, 0) is 0 Å². The number of hydrogen-bond donors (Lipinski definition) is 0. The van der Waals surface area contributed by atoms with Gasteiger partial charge in [-0.3, -0.25) is 9.38 Å². The van der Waals surface area contributed by atoms with Gasteiger partial charge in [-0.1, -0.05) is 0 Å². The lowest BCUT2D eigenvalue weighted by Crippen LogP contribution is -2.38. The SMILES string of the molecule is COc1cc(C#N)ccc1OCC1CCCN(c2cncc3nccn23)C1. The molecule has 0 amide bonds. The Bertz CT molecular complexity index is 978. The number of hydrogen-bond acceptors (Lipinski definition) is 6. The molecule has 0 spiro atoms. The van der Waals surface area contributed by atoms with Crippen molar-refractivity contribution >= 4 is 11.5 Å². The number of fused-ring (bicyclic) bond motifs is 1. The van der Waals surface area contributed by atoms with E-state index in [1.54, 1.807) is 37.7 Å². The third kappa shape index (κ3) is 3.51. The number of aromatic nitrogens is 3. The van der Waals surface area contributed by atoms with E-state index in [-0.39, 0.29) is 0 Å². The molecule has 4 rings (SSSR count). The zero-order valence-corrected chi connectivity index (χ0v) is 15.2. The van der Waals surface area contributed by atoms with E-state index in [0.29, 0.717) is 29.6 Å². The minimum absolute atomic E-state index is 0.401. The molecule has 3 heterocycles. The quantitative estimate of drug-likeness (QED) is 0.694. The second-order valence-electron chi connectivity index (χ2n) is 6.66. The molecule has 3 aromatic rings. The van der Waals surface area contributed by atoms with Gasteiger partial charge >= 0.3 is 0 Å². The van der Waals surface area contributed by atoms with Crippen molar-refractivity contribution in [3.63, 3.8) is 0 Å². The molecule has 7 nitrogen and oxygen atoms in total. The smallest absolute Gasteiger partial charge is 0.162 e. The van der Waals surface area contributed by atoms with Gasteiger partial charge in [0, 0.05) is 37.5 Å². The number of imidazole rings is 1. The number of nitrogens with zero attached hydrogens (tertiary/aromatic N) is 5. The number of methoxy groups -OCH3 is 1. The second-order valence-corrected chi connectivity index (χ2v) is 6.66. The fourth-order valence-electron chi connectivity index (χ4n) is 3.54. The summed E-state index contributed by atoms with van der Waals surface area (Å²) >= 11 is 0. The van der Waals surface area contributed by atoms with Gasteiger partial charge in [-0.15, -0.1) is 0 Å². The van der Waals surface area contributed by atoms with Gasteiger partial charge in [0.05, 0.1) is 37.7 Å². The van der Waals surface area contributed by atoms with Gasteiger partial charge in [0.15, 0.2) is 17.1 Å². The third-order valence-electron chi connectivity index (χ3n) is 4.91. The van der Waals surface area contributed by atoms with E-state index >= 15 is 0 Å². The van der Waals surface area contributed by atoms with Crippen LogP contribution in [0, 0.1) is 17.2 Å². The van der Waals surface area contributed by atoms with Crippen LogP contribution >= 0.6 is 0 Å². The molecule has 0 saturated carbocycles. The Kier molecular flexibility index (Phi) is 4.79. The molecule has 0 N–H and O–H groups in total. The minimum atomic E-state index is 0.401. The van der Waals surface area contributed by atoms with Crippen LogP contribution in [0.25, 0.3) is 5.65 Å². The predicted octanol–water partition coefficient (Wildman–Crippen LogP) is 2.90. The van der Waals surface area contributed by atoms with Crippen LogP contribution in [0.1, 0.15) is 18.4 Å². The van der Waals surface area contributed by atoms with E-state index < -0.39 is 0 Å². The van der Waals surface area contributed by atoms with Crippen LogP contribution in [0.3, 0.4) is 0 Å². The maximum absolute atomic E-state index is 9.02. The Morgan fingerprint density at radius 2 is 2.22 bits per heavy atom. The summed E-state index contributed by atoms with van der Waals surface area (Å²) in [5, 5.41) is 9.02. The van der Waals surface area contributed by atoms with Crippen LogP contribution in [0.15, 0.2) is 43.0 Å². The highest BCUT2D eigenvalue weighted by molar-refractivity contribution is 5.49. The Labute approximate surface area is 157 Å². The lowest BCUT2D eigenvalue weighted by Gasteiger charge is -2.34. The van der Waals surface area contributed by atoms with Gasteiger partial charge in [-0.25, -0.2) is 4.98 Å². The molecule has 1 aromatic carbocycles. The number of benzene rings is 1. The maximum Gasteiger partial charge on any atom is 0.162 e. The molecule has 138 valence electrons. The monoisotopic (exact) mass is 363 g/mol. The first kappa shape index (κ1) is 17.2. The Hall–Kier alpha value is -3.27. The van der Waals surface area contributed by atoms with Crippen molar-refractivity contribution < 1.29 is 9.47 Å². The summed E-state index contributed by atoms with van der Waals surface area (Å²) in [6.45, 7) is 2.50. The maximum atomic E-state index is 9.02. The number of ether oxygens (including phenoxy) is 2. The molecule has 0 bridgehead atoms. The van der Waals surface area contributed by atoms with Crippen LogP contribution in [0.5, 0.6) is 11.5 Å². The van der Waals surface area contributed by atoms with Crippen LogP contribution in [-0.4, -0.2) is 41.2 Å². The molecule has 7 heteroatoms. The van der Waals surface area contributed by atoms with Crippen molar-refractivity contribution in [3.8, 4) is 17.6 Å². The van der Waals surface area contributed by atoms with Crippen molar-refractivity contribution in [1.82, 2.24) is 14.4 Å². The predicted molar refractivity (Wildman–Crippen MR) is 101 cm³/mol. The molecule has 0 aliphatic carbocycles. The van der Waals surface area contributed by atoms with Gasteiger partial charge < -0.3 is 14.4 Å². The fourth-order valence-corrected chi connectivity index (χ4v) is 3.54. The average molecular weight is 363 g/mol. The van der Waals surface area contributed by atoms with E-state index in [1.165, 1.54) is 0 Å². The van der Waals surface area contributed by atoms with Gasteiger partial charge in [0.1, 0.15) is 5.82 Å². The molecule has 27 heavy (non-hydrogen) atoms. The molecular formula is C20H21N5O2. The molecule has 2 aromatic heterocycles. The fraction of sp³-hybridized carbons (Fsp3) is 0.350. The first-order valence-corrected chi connectivity index (χ1v) is 9.01. The average Bonchev–Trinajstić information content (AvgIpc) is 3.21. The van der Waals surface area contributed by atoms with Crippen LogP contribution < -0.4 is 14.4 Å². The van der Waals surface area contributed by atoms with Gasteiger partial charge in [-0.2, -0.15) is 5.26 Å². The molecule has 1 atom stereocenters. The normalized spacial score (nSPS) is 16.9. The van der Waals surface area contributed by atoms with E-state index in [2.05, 4.69) is 25.3 Å². The highest BCUT2D eigenvalue weighted by Crippen LogP contribution is 2.30. The highest BCUT2D eigenvalue weighted by Gasteiger charge is 2.23. The zero-order valence-electron chi connectivity index (χ0n) is 15.2. The summed E-state index contributed by atoms with van der Waals surface area (Å²) in [4.78, 5) is 11.0. The first-order valence-electron chi connectivity index (χ1n) is 9.01. The van der Waals surface area contributed by atoms with Gasteiger partial charge in [-0.05, 0) is 25.0 Å². The van der Waals surface area contributed by atoms with E-state index in [9.17, 15) is 0 Å². The molecular weight excluding hydrogens is 342 g/mol. The Balaban J connectivity index is 1.45. The van der Waals surface area contributed by atoms with E-state index in [0.717, 1.165) is 37.4 Å². The van der Waals surface area contributed by atoms with Crippen LogP contribution in [0.4, 0.5) is 5.82 Å². The summed E-state index contributed by atoms with van der Waals surface area (Å²) in [6.07, 6.45) is 9.63. The lowest BCUT2D eigenvalue weighted by atomic mass is 9.99. The van der Waals surface area contributed by atoms with E-state index in [1.807, 2.05) is 12.4 Å². The molecule has 1 unspecified atom stereocenters. The number of rotatable bonds is 5. The molecule has 1 aliphatic rings. The molecule has 1 aliphatic heterocycles. The Morgan fingerprint density at radius 3 is 3.07 bits per heavy atom. The number of piperidine rings is 1.